The number of nitrogens with zero attached hydrogens (tertiary/aromatic N) is 2. The van der Waals surface area contributed by atoms with Crippen LogP contribution in [0.3, 0.4) is 0 Å². The van der Waals surface area contributed by atoms with Gasteiger partial charge in [0.05, 0.1) is 20.6 Å². The molecule has 0 aliphatic carbocycles. The molecule has 0 bridgehead atoms. The van der Waals surface area contributed by atoms with Crippen LogP contribution in [-0.4, -0.2) is 74.3 Å². The molecule has 0 aromatic carbocycles. The highest BCUT2D eigenvalue weighted by Crippen LogP contribution is 2.38. The van der Waals surface area contributed by atoms with Gasteiger partial charge in [0.25, 0.3) is 5.91 Å². The van der Waals surface area contributed by atoms with Crippen LogP contribution in [0.2, 0.25) is 0 Å². The van der Waals surface area contributed by atoms with Gasteiger partial charge in [-0.15, -0.1) is 34.4 Å². The van der Waals surface area contributed by atoms with Crippen molar-refractivity contribution in [3.63, 3.8) is 0 Å². The van der Waals surface area contributed by atoms with Gasteiger partial charge in [0.1, 0.15) is 11.6 Å². The molecule has 9 nitrogen and oxygen atoms in total. The van der Waals surface area contributed by atoms with Gasteiger partial charge < -0.3 is 4.74 Å². The van der Waals surface area contributed by atoms with Crippen molar-refractivity contribution in [3.05, 3.63) is 22.0 Å². The summed E-state index contributed by atoms with van der Waals surface area (Å²) in [5.74, 6) is -0.194. The summed E-state index contributed by atoms with van der Waals surface area (Å²) in [6, 6.07) is 1.77. The number of thioether (sulfide) groups is 1. The molecule has 2 aromatic heterocycles. The second-order valence-electron chi connectivity index (χ2n) is 6.52. The van der Waals surface area contributed by atoms with Crippen LogP contribution in [0.4, 0.5) is 4.79 Å². The standard InChI is InChI=1S/C17H22N4O5S4/c1-11-10-28-15(18-11)12-9-13(29-16(12)27-2)14(22)19-20-17(23)26-6-3-21-4-7-30(24,25)8-5-21/h9-10H,3-8H2,1-2H3,(H,19,22)(H,20,23). The molecule has 2 aromatic rings. The topological polar surface area (TPSA) is 118 Å². The van der Waals surface area contributed by atoms with E-state index in [1.54, 1.807) is 6.07 Å². The van der Waals surface area contributed by atoms with E-state index in [1.165, 1.54) is 34.4 Å². The molecule has 2 amide bonds. The number of aryl methyl sites for hydroxylation is 1. The maximum absolute atomic E-state index is 12.4. The number of amides is 2. The van der Waals surface area contributed by atoms with Gasteiger partial charge in [-0.25, -0.2) is 23.6 Å². The van der Waals surface area contributed by atoms with Crippen LogP contribution in [-0.2, 0) is 14.6 Å². The number of ether oxygens (including phenoxy) is 1. The minimum absolute atomic E-state index is 0.102. The number of thiophene rings is 1. The maximum atomic E-state index is 12.4. The summed E-state index contributed by atoms with van der Waals surface area (Å²) in [4.78, 5) is 31.0. The molecule has 30 heavy (non-hydrogen) atoms. The summed E-state index contributed by atoms with van der Waals surface area (Å²) in [6.07, 6.45) is 1.16. The molecule has 1 fully saturated rings. The van der Waals surface area contributed by atoms with Crippen LogP contribution in [0, 0.1) is 6.92 Å². The van der Waals surface area contributed by atoms with Gasteiger partial charge in [-0.2, -0.15) is 0 Å². The van der Waals surface area contributed by atoms with E-state index >= 15 is 0 Å². The lowest BCUT2D eigenvalue weighted by Crippen LogP contribution is -2.44. The third kappa shape index (κ3) is 6.17. The third-order valence-corrected chi connectivity index (χ3v) is 9.18. The summed E-state index contributed by atoms with van der Waals surface area (Å²) < 4.78 is 28.8. The van der Waals surface area contributed by atoms with Gasteiger partial charge in [0.2, 0.25) is 0 Å². The van der Waals surface area contributed by atoms with Crippen molar-refractivity contribution in [2.24, 2.45) is 0 Å². The number of aromatic nitrogens is 1. The number of hydrogen-bond acceptors (Lipinski definition) is 10. The second-order valence-corrected chi connectivity index (χ2v) is 11.8. The molecule has 13 heteroatoms. The first kappa shape index (κ1) is 23.0. The number of nitrogens with one attached hydrogen (secondary N) is 2. The van der Waals surface area contributed by atoms with E-state index in [0.717, 1.165) is 20.5 Å². The van der Waals surface area contributed by atoms with Crippen molar-refractivity contribution < 1.29 is 22.7 Å². The largest absolute Gasteiger partial charge is 0.447 e. The smallest absolute Gasteiger partial charge is 0.426 e. The lowest BCUT2D eigenvalue weighted by atomic mass is 10.3. The van der Waals surface area contributed by atoms with Gasteiger partial charge >= 0.3 is 6.09 Å². The van der Waals surface area contributed by atoms with Crippen LogP contribution >= 0.6 is 34.4 Å². The number of thiazole rings is 1. The first-order valence-corrected chi connectivity index (χ1v) is 13.8. The molecule has 0 unspecified atom stereocenters. The number of hydrazine groups is 1. The second kappa shape index (κ2) is 10.1. The SMILES string of the molecule is CSc1sc(C(=O)NNC(=O)OCCN2CCS(=O)(=O)CC2)cc1-c1nc(C)cs1. The molecular formula is C17H22N4O5S4. The van der Waals surface area contributed by atoms with Gasteiger partial charge in [-0.3, -0.25) is 15.1 Å². The van der Waals surface area contributed by atoms with Crippen molar-refractivity contribution in [2.45, 2.75) is 11.1 Å². The Hall–Kier alpha value is -1.67. The summed E-state index contributed by atoms with van der Waals surface area (Å²) in [6.45, 7) is 3.32. The van der Waals surface area contributed by atoms with Crippen molar-refractivity contribution in [1.29, 1.82) is 0 Å². The number of hydrogen-bond donors (Lipinski definition) is 2. The van der Waals surface area contributed by atoms with Crippen molar-refractivity contribution >= 4 is 56.3 Å². The Kier molecular flexibility index (Phi) is 7.74. The number of sulfone groups is 1. The highest BCUT2D eigenvalue weighted by Gasteiger charge is 2.21. The molecule has 0 spiro atoms. The monoisotopic (exact) mass is 490 g/mol. The van der Waals surface area contributed by atoms with E-state index in [0.29, 0.717) is 24.5 Å². The van der Waals surface area contributed by atoms with Gasteiger partial charge in [-0.1, -0.05) is 0 Å². The van der Waals surface area contributed by atoms with E-state index in [2.05, 4.69) is 15.8 Å². The van der Waals surface area contributed by atoms with Crippen molar-refractivity contribution in [1.82, 2.24) is 20.7 Å². The van der Waals surface area contributed by atoms with Gasteiger partial charge in [-0.05, 0) is 19.2 Å². The van der Waals surface area contributed by atoms with Crippen molar-refractivity contribution in [2.75, 3.05) is 44.0 Å². The van der Waals surface area contributed by atoms with Gasteiger partial charge in [0, 0.05) is 36.3 Å². The fraction of sp³-hybridized carbons (Fsp3) is 0.471. The zero-order valence-corrected chi connectivity index (χ0v) is 19.7. The van der Waals surface area contributed by atoms with Crippen LogP contribution < -0.4 is 10.9 Å². The van der Waals surface area contributed by atoms with Gasteiger partial charge in [0.15, 0.2) is 9.84 Å². The fourth-order valence-electron chi connectivity index (χ4n) is 2.71. The Labute approximate surface area is 187 Å². The van der Waals surface area contributed by atoms with Crippen LogP contribution in [0.1, 0.15) is 15.4 Å². The molecule has 0 radical (unpaired) electrons. The maximum Gasteiger partial charge on any atom is 0.426 e. The number of carbonyl (C=O) groups excluding carboxylic acids is 2. The first-order chi connectivity index (χ1) is 14.3. The van der Waals surface area contributed by atoms with E-state index in [-0.39, 0.29) is 18.1 Å². The van der Waals surface area contributed by atoms with E-state index < -0.39 is 21.8 Å². The van der Waals surface area contributed by atoms with E-state index in [9.17, 15) is 18.0 Å². The van der Waals surface area contributed by atoms with Crippen LogP contribution in [0.5, 0.6) is 0 Å². The predicted octanol–water partition coefficient (Wildman–Crippen LogP) is 2.00. The Bertz CT molecular complexity index is 1000. The molecule has 0 atom stereocenters. The average Bonchev–Trinajstić information content (AvgIpc) is 3.33. The highest BCUT2D eigenvalue weighted by molar-refractivity contribution is 8.00. The summed E-state index contributed by atoms with van der Waals surface area (Å²) in [7, 11) is -2.93. The Balaban J connectivity index is 1.45. The fourth-order valence-corrected chi connectivity index (χ4v) is 6.70. The molecule has 1 saturated heterocycles. The molecule has 0 saturated carbocycles. The number of rotatable bonds is 6. The quantitative estimate of drug-likeness (QED) is 0.466. The average molecular weight is 491 g/mol. The molecule has 164 valence electrons. The minimum atomic E-state index is -2.93. The van der Waals surface area contributed by atoms with E-state index in [4.69, 9.17) is 4.74 Å². The van der Waals surface area contributed by atoms with E-state index in [1.807, 2.05) is 23.5 Å². The zero-order valence-electron chi connectivity index (χ0n) is 16.5. The molecule has 2 N–H and O–H groups in total. The Morgan fingerprint density at radius 2 is 2.03 bits per heavy atom. The molecule has 3 rings (SSSR count). The molecule has 3 heterocycles. The Morgan fingerprint density at radius 3 is 2.67 bits per heavy atom. The predicted molar refractivity (Wildman–Crippen MR) is 119 cm³/mol. The van der Waals surface area contributed by atoms with Crippen LogP contribution in [0.15, 0.2) is 15.7 Å². The summed E-state index contributed by atoms with van der Waals surface area (Å²) in [5, 5.41) is 2.81. The Morgan fingerprint density at radius 1 is 1.30 bits per heavy atom. The normalized spacial score (nSPS) is 16.2. The van der Waals surface area contributed by atoms with Crippen LogP contribution in [0.25, 0.3) is 10.6 Å². The summed E-state index contributed by atoms with van der Waals surface area (Å²) >= 11 is 4.39. The summed E-state index contributed by atoms with van der Waals surface area (Å²) in [5.41, 5.74) is 6.41. The third-order valence-electron chi connectivity index (χ3n) is 4.31. The molecule has 1 aliphatic heterocycles. The minimum Gasteiger partial charge on any atom is -0.447 e. The first-order valence-electron chi connectivity index (χ1n) is 9.03. The lowest BCUT2D eigenvalue weighted by molar-refractivity contribution is 0.0904. The van der Waals surface area contributed by atoms with Crippen molar-refractivity contribution in [3.8, 4) is 10.6 Å². The zero-order chi connectivity index (χ0) is 21.7. The molecular weight excluding hydrogens is 468 g/mol. The molecule has 1 aliphatic rings. The highest BCUT2D eigenvalue weighted by atomic mass is 32.2. The number of carbonyl (C=O) groups is 2. The lowest BCUT2D eigenvalue weighted by Gasteiger charge is -2.25.